The van der Waals surface area contributed by atoms with Crippen molar-refractivity contribution in [3.8, 4) is 0 Å². The first-order valence-corrected chi connectivity index (χ1v) is 9.93. The highest BCUT2D eigenvalue weighted by Gasteiger charge is 2.26. The second-order valence-electron chi connectivity index (χ2n) is 6.44. The molecule has 1 N–H and O–H groups in total. The molecule has 8 heteroatoms. The van der Waals surface area contributed by atoms with Crippen LogP contribution in [0.4, 0.5) is 4.39 Å². The van der Waals surface area contributed by atoms with Crippen LogP contribution in [0.1, 0.15) is 23.2 Å². The summed E-state index contributed by atoms with van der Waals surface area (Å²) in [5.41, 5.74) is 0.103. The summed E-state index contributed by atoms with van der Waals surface area (Å²) in [6.45, 7) is 3.12. The highest BCUT2D eigenvalue weighted by Crippen LogP contribution is 2.15. The van der Waals surface area contributed by atoms with Crippen LogP contribution in [-0.2, 0) is 4.79 Å². The van der Waals surface area contributed by atoms with Crippen LogP contribution in [-0.4, -0.2) is 71.9 Å². The summed E-state index contributed by atoms with van der Waals surface area (Å²) < 4.78 is 13.8. The topological polar surface area (TPSA) is 52.7 Å². The van der Waals surface area contributed by atoms with E-state index in [2.05, 4.69) is 5.32 Å². The van der Waals surface area contributed by atoms with Gasteiger partial charge in [0.15, 0.2) is 0 Å². The first kappa shape index (κ1) is 21.0. The molecule has 3 rings (SSSR count). The molecule has 2 fully saturated rings. The summed E-state index contributed by atoms with van der Waals surface area (Å²) in [6, 6.07) is 6.30. The molecule has 2 aliphatic rings. The summed E-state index contributed by atoms with van der Waals surface area (Å²) in [5.74, 6) is 1.42. The van der Waals surface area contributed by atoms with Crippen molar-refractivity contribution in [1.82, 2.24) is 15.1 Å². The third kappa shape index (κ3) is 5.34. The highest BCUT2D eigenvalue weighted by molar-refractivity contribution is 7.99. The highest BCUT2D eigenvalue weighted by atomic mass is 35.5. The van der Waals surface area contributed by atoms with Crippen molar-refractivity contribution in [3.63, 3.8) is 0 Å². The zero-order valence-corrected chi connectivity index (χ0v) is 16.3. The van der Waals surface area contributed by atoms with Crippen LogP contribution < -0.4 is 5.32 Å². The summed E-state index contributed by atoms with van der Waals surface area (Å²) in [4.78, 5) is 28.6. The molecule has 2 saturated heterocycles. The van der Waals surface area contributed by atoms with Gasteiger partial charge in [-0.25, -0.2) is 4.39 Å². The van der Waals surface area contributed by atoms with Gasteiger partial charge in [0.25, 0.3) is 5.91 Å². The van der Waals surface area contributed by atoms with Crippen LogP contribution in [0.3, 0.4) is 0 Å². The lowest BCUT2D eigenvalue weighted by Gasteiger charge is -2.27. The monoisotopic (exact) mass is 401 g/mol. The van der Waals surface area contributed by atoms with Crippen LogP contribution >= 0.6 is 24.2 Å². The quantitative estimate of drug-likeness (QED) is 0.841. The maximum atomic E-state index is 13.8. The minimum atomic E-state index is -0.495. The Kier molecular flexibility index (Phi) is 8.18. The van der Waals surface area contributed by atoms with Crippen molar-refractivity contribution in [2.24, 2.45) is 0 Å². The second kappa shape index (κ2) is 10.1. The van der Waals surface area contributed by atoms with Crippen molar-refractivity contribution >= 4 is 36.0 Å². The summed E-state index contributed by atoms with van der Waals surface area (Å²) >= 11 is 1.88. The average Bonchev–Trinajstić information content (AvgIpc) is 2.89. The third-order valence-corrected chi connectivity index (χ3v) is 5.79. The number of halogens is 2. The molecule has 1 atom stereocenters. The molecule has 0 saturated carbocycles. The molecule has 2 aliphatic heterocycles. The van der Waals surface area contributed by atoms with E-state index in [0.717, 1.165) is 24.5 Å². The molecule has 0 bridgehead atoms. The summed E-state index contributed by atoms with van der Waals surface area (Å²) in [7, 11) is 0. The van der Waals surface area contributed by atoms with Gasteiger partial charge in [0.2, 0.25) is 5.91 Å². The summed E-state index contributed by atoms with van der Waals surface area (Å²) in [6.07, 6.45) is 1.23. The first-order valence-electron chi connectivity index (χ1n) is 8.78. The lowest BCUT2D eigenvalue weighted by molar-refractivity contribution is -0.131. The van der Waals surface area contributed by atoms with Gasteiger partial charge in [-0.3, -0.25) is 9.59 Å². The van der Waals surface area contributed by atoms with Crippen LogP contribution in [0.2, 0.25) is 0 Å². The standard InChI is InChI=1S/C18H24FN3O2S.ClH/c19-16-5-2-1-4-15(16)18(24)22-8-3-7-21(9-10-22)17(23)12-14-13-25-11-6-20-14;/h1-2,4-5,14,20H,3,6-13H2;1H. The molecule has 0 aliphatic carbocycles. The van der Waals surface area contributed by atoms with E-state index < -0.39 is 5.82 Å². The molecular formula is C18H25ClFN3O2S. The van der Waals surface area contributed by atoms with Gasteiger partial charge >= 0.3 is 0 Å². The van der Waals surface area contributed by atoms with E-state index in [9.17, 15) is 14.0 Å². The van der Waals surface area contributed by atoms with E-state index in [-0.39, 0.29) is 35.8 Å². The van der Waals surface area contributed by atoms with Gasteiger partial charge in [-0.05, 0) is 18.6 Å². The number of thioether (sulfide) groups is 1. The fourth-order valence-electron chi connectivity index (χ4n) is 3.27. The minimum absolute atomic E-state index is 0. The van der Waals surface area contributed by atoms with Gasteiger partial charge in [0.1, 0.15) is 5.82 Å². The number of carbonyl (C=O) groups is 2. The Balaban J connectivity index is 0.00000243. The zero-order valence-electron chi connectivity index (χ0n) is 14.7. The molecule has 1 aromatic rings. The largest absolute Gasteiger partial charge is 0.341 e. The number of benzene rings is 1. The van der Waals surface area contributed by atoms with E-state index in [0.29, 0.717) is 32.6 Å². The first-order chi connectivity index (χ1) is 12.1. The van der Waals surface area contributed by atoms with E-state index in [1.165, 1.54) is 12.1 Å². The van der Waals surface area contributed by atoms with Crippen molar-refractivity contribution in [2.45, 2.75) is 18.9 Å². The van der Waals surface area contributed by atoms with Crippen molar-refractivity contribution < 1.29 is 14.0 Å². The fraction of sp³-hybridized carbons (Fsp3) is 0.556. The Morgan fingerprint density at radius 2 is 1.88 bits per heavy atom. The summed E-state index contributed by atoms with van der Waals surface area (Å²) in [5, 5.41) is 3.38. The Morgan fingerprint density at radius 3 is 2.62 bits per heavy atom. The Bertz CT molecular complexity index is 628. The van der Waals surface area contributed by atoms with Gasteiger partial charge in [0, 0.05) is 56.7 Å². The van der Waals surface area contributed by atoms with Crippen LogP contribution in [0, 0.1) is 5.82 Å². The van der Waals surface area contributed by atoms with Crippen molar-refractivity contribution in [1.29, 1.82) is 0 Å². The fourth-order valence-corrected chi connectivity index (χ4v) is 4.21. The van der Waals surface area contributed by atoms with E-state index in [4.69, 9.17) is 0 Å². The normalized spacial score (nSPS) is 20.9. The number of nitrogens with one attached hydrogen (secondary N) is 1. The third-order valence-electron chi connectivity index (χ3n) is 4.66. The predicted octanol–water partition coefficient (Wildman–Crippen LogP) is 2.02. The number of nitrogens with zero attached hydrogens (tertiary/aromatic N) is 2. The average molecular weight is 402 g/mol. The van der Waals surface area contributed by atoms with Gasteiger partial charge in [0.05, 0.1) is 5.56 Å². The lowest BCUT2D eigenvalue weighted by atomic mass is 10.2. The number of hydrogen-bond acceptors (Lipinski definition) is 4. The Morgan fingerprint density at radius 1 is 1.15 bits per heavy atom. The zero-order chi connectivity index (χ0) is 17.6. The van der Waals surface area contributed by atoms with Crippen LogP contribution in [0.5, 0.6) is 0 Å². The maximum Gasteiger partial charge on any atom is 0.256 e. The lowest BCUT2D eigenvalue weighted by Crippen LogP contribution is -2.43. The van der Waals surface area contributed by atoms with Gasteiger partial charge in [-0.15, -0.1) is 12.4 Å². The van der Waals surface area contributed by atoms with E-state index in [1.54, 1.807) is 17.0 Å². The second-order valence-corrected chi connectivity index (χ2v) is 7.59. The van der Waals surface area contributed by atoms with Gasteiger partial charge < -0.3 is 15.1 Å². The van der Waals surface area contributed by atoms with E-state index >= 15 is 0 Å². The molecule has 0 spiro atoms. The van der Waals surface area contributed by atoms with Crippen molar-refractivity contribution in [2.75, 3.05) is 44.2 Å². The minimum Gasteiger partial charge on any atom is -0.341 e. The molecule has 144 valence electrons. The van der Waals surface area contributed by atoms with Crippen LogP contribution in [0.15, 0.2) is 24.3 Å². The van der Waals surface area contributed by atoms with Gasteiger partial charge in [-0.1, -0.05) is 12.1 Å². The van der Waals surface area contributed by atoms with E-state index in [1.807, 2.05) is 16.7 Å². The Labute approximate surface area is 164 Å². The van der Waals surface area contributed by atoms with Gasteiger partial charge in [-0.2, -0.15) is 11.8 Å². The molecule has 0 aromatic heterocycles. The van der Waals surface area contributed by atoms with Crippen molar-refractivity contribution in [3.05, 3.63) is 35.6 Å². The Hall–Kier alpha value is -1.31. The number of carbonyl (C=O) groups excluding carboxylic acids is 2. The predicted molar refractivity (Wildman–Crippen MR) is 104 cm³/mol. The molecule has 26 heavy (non-hydrogen) atoms. The molecule has 2 heterocycles. The number of rotatable bonds is 3. The maximum absolute atomic E-state index is 13.8. The smallest absolute Gasteiger partial charge is 0.256 e. The number of amides is 2. The molecule has 1 unspecified atom stereocenters. The number of hydrogen-bond donors (Lipinski definition) is 1. The molecule has 5 nitrogen and oxygen atoms in total. The molecular weight excluding hydrogens is 377 g/mol. The molecule has 0 radical (unpaired) electrons. The SMILES string of the molecule is Cl.O=C(CC1CSCCN1)N1CCCN(C(=O)c2ccccc2F)CC1. The molecule has 2 amide bonds. The van der Waals surface area contributed by atoms with Crippen LogP contribution in [0.25, 0.3) is 0 Å². The molecule has 1 aromatic carbocycles.